The predicted molar refractivity (Wildman–Crippen MR) is 102 cm³/mol. The second-order valence-corrected chi connectivity index (χ2v) is 8.03. The normalized spacial score (nSPS) is 20.9. The molecule has 2 aromatic rings. The molecule has 0 bridgehead atoms. The lowest BCUT2D eigenvalue weighted by Gasteiger charge is -2.52. The number of tetrazole rings is 1. The van der Waals surface area contributed by atoms with Gasteiger partial charge in [-0.15, -0.1) is 5.10 Å². The third-order valence-electron chi connectivity index (χ3n) is 5.96. The lowest BCUT2D eigenvalue weighted by atomic mass is 9.83. The summed E-state index contributed by atoms with van der Waals surface area (Å²) in [7, 11) is 4.38. The number of carbonyl (C=O) groups is 1. The Hall–Kier alpha value is -2.03. The van der Waals surface area contributed by atoms with E-state index in [1.54, 1.807) is 18.2 Å². The summed E-state index contributed by atoms with van der Waals surface area (Å²) in [6.45, 7) is 4.69. The molecular weight excluding hydrogens is 366 g/mol. The van der Waals surface area contributed by atoms with Gasteiger partial charge in [-0.05, 0) is 55.6 Å². The van der Waals surface area contributed by atoms with Crippen molar-refractivity contribution in [3.05, 3.63) is 35.1 Å². The van der Waals surface area contributed by atoms with Crippen molar-refractivity contribution in [3.63, 3.8) is 0 Å². The van der Waals surface area contributed by atoms with E-state index in [1.165, 1.54) is 11.0 Å². The number of benzene rings is 1. The lowest BCUT2D eigenvalue weighted by molar-refractivity contribution is -0.0157. The maximum absolute atomic E-state index is 13.2. The van der Waals surface area contributed by atoms with Crippen LogP contribution in [-0.2, 0) is 0 Å². The fraction of sp³-hybridized carbons (Fsp3) is 0.556. The molecule has 9 heteroatoms. The first-order chi connectivity index (χ1) is 13.0. The molecule has 1 aromatic carbocycles. The van der Waals surface area contributed by atoms with E-state index in [1.807, 2.05) is 4.90 Å². The number of piperidine rings is 1. The van der Waals surface area contributed by atoms with Crippen molar-refractivity contribution in [1.82, 2.24) is 34.9 Å². The lowest BCUT2D eigenvalue weighted by Crippen LogP contribution is -2.64. The van der Waals surface area contributed by atoms with Crippen molar-refractivity contribution in [3.8, 4) is 5.69 Å². The van der Waals surface area contributed by atoms with Crippen LogP contribution < -0.4 is 0 Å². The van der Waals surface area contributed by atoms with E-state index in [-0.39, 0.29) is 11.4 Å². The van der Waals surface area contributed by atoms with Gasteiger partial charge in [0.2, 0.25) is 0 Å². The van der Waals surface area contributed by atoms with Gasteiger partial charge in [-0.2, -0.15) is 4.68 Å². The number of rotatable bonds is 2. The van der Waals surface area contributed by atoms with E-state index in [0.29, 0.717) is 16.3 Å². The molecule has 0 saturated carbocycles. The van der Waals surface area contributed by atoms with Crippen LogP contribution in [-0.4, -0.2) is 93.2 Å². The maximum Gasteiger partial charge on any atom is 0.256 e. The summed E-state index contributed by atoms with van der Waals surface area (Å²) in [4.78, 5) is 20.0. The van der Waals surface area contributed by atoms with E-state index in [2.05, 4.69) is 39.4 Å². The Kier molecular flexibility index (Phi) is 4.88. The van der Waals surface area contributed by atoms with Crippen LogP contribution in [0.25, 0.3) is 5.69 Å². The largest absolute Gasteiger partial charge is 0.338 e. The molecule has 1 aromatic heterocycles. The van der Waals surface area contributed by atoms with E-state index >= 15 is 0 Å². The fourth-order valence-corrected chi connectivity index (χ4v) is 4.42. The third-order valence-corrected chi connectivity index (χ3v) is 6.19. The molecule has 1 spiro atoms. The molecule has 0 unspecified atom stereocenters. The Morgan fingerprint density at radius 2 is 1.93 bits per heavy atom. The van der Waals surface area contributed by atoms with Crippen LogP contribution in [0, 0.1) is 0 Å². The first-order valence-electron chi connectivity index (χ1n) is 9.20. The van der Waals surface area contributed by atoms with Crippen LogP contribution in [0.15, 0.2) is 24.5 Å². The Bertz CT molecular complexity index is 817. The second-order valence-electron chi connectivity index (χ2n) is 7.59. The number of piperazine rings is 1. The molecule has 0 atom stereocenters. The minimum atomic E-state index is -0.0235. The fourth-order valence-electron chi connectivity index (χ4n) is 4.25. The average Bonchev–Trinajstić information content (AvgIpc) is 3.19. The zero-order valence-corrected chi connectivity index (χ0v) is 16.4. The van der Waals surface area contributed by atoms with Gasteiger partial charge in [-0.25, -0.2) is 0 Å². The molecule has 2 fully saturated rings. The number of hydrogen-bond acceptors (Lipinski definition) is 6. The number of aromatic nitrogens is 4. The van der Waals surface area contributed by atoms with E-state index in [4.69, 9.17) is 11.6 Å². The molecular formula is C18H24ClN7O. The van der Waals surface area contributed by atoms with Crippen molar-refractivity contribution in [2.45, 2.75) is 18.4 Å². The quantitative estimate of drug-likeness (QED) is 0.767. The summed E-state index contributed by atoms with van der Waals surface area (Å²) in [6.07, 6.45) is 3.43. The number of nitrogens with zero attached hydrogens (tertiary/aromatic N) is 7. The predicted octanol–water partition coefficient (Wildman–Crippen LogP) is 1.17. The topological polar surface area (TPSA) is 70.4 Å². The summed E-state index contributed by atoms with van der Waals surface area (Å²) in [5.74, 6) is -0.0235. The van der Waals surface area contributed by atoms with Gasteiger partial charge in [-0.1, -0.05) is 11.6 Å². The molecule has 0 aliphatic carbocycles. The van der Waals surface area contributed by atoms with Gasteiger partial charge in [0.1, 0.15) is 6.33 Å². The zero-order chi connectivity index (χ0) is 19.0. The number of likely N-dealkylation sites (N-methyl/N-ethyl adjacent to an activating group) is 2. The van der Waals surface area contributed by atoms with Gasteiger partial charge >= 0.3 is 0 Å². The summed E-state index contributed by atoms with van der Waals surface area (Å²) in [5.41, 5.74) is 1.33. The average molecular weight is 390 g/mol. The summed E-state index contributed by atoms with van der Waals surface area (Å²) in [6, 6.07) is 5.22. The van der Waals surface area contributed by atoms with Gasteiger partial charge in [-0.3, -0.25) is 9.69 Å². The minimum absolute atomic E-state index is 0.0235. The third kappa shape index (κ3) is 3.44. The maximum atomic E-state index is 13.2. The molecule has 4 rings (SSSR count). The molecule has 0 radical (unpaired) electrons. The van der Waals surface area contributed by atoms with Crippen molar-refractivity contribution in [2.75, 3.05) is 46.8 Å². The molecule has 0 N–H and O–H groups in total. The van der Waals surface area contributed by atoms with Gasteiger partial charge in [0, 0.05) is 43.3 Å². The minimum Gasteiger partial charge on any atom is -0.338 e. The van der Waals surface area contributed by atoms with Crippen molar-refractivity contribution < 1.29 is 4.79 Å². The molecule has 3 heterocycles. The highest BCUT2D eigenvalue weighted by Crippen LogP contribution is 2.32. The SMILES string of the molecule is CN1CCN(C)C2(CCN(C(=O)c3cc(Cl)ccc3-n3cnnn3)CC2)C1. The number of halogens is 1. The van der Waals surface area contributed by atoms with Crippen LogP contribution >= 0.6 is 11.6 Å². The monoisotopic (exact) mass is 389 g/mol. The highest BCUT2D eigenvalue weighted by molar-refractivity contribution is 6.31. The highest BCUT2D eigenvalue weighted by Gasteiger charge is 2.42. The van der Waals surface area contributed by atoms with E-state index in [9.17, 15) is 4.79 Å². The summed E-state index contributed by atoms with van der Waals surface area (Å²) < 4.78 is 1.50. The van der Waals surface area contributed by atoms with Crippen LogP contribution in [0.5, 0.6) is 0 Å². The highest BCUT2D eigenvalue weighted by atomic mass is 35.5. The summed E-state index contributed by atoms with van der Waals surface area (Å²) in [5, 5.41) is 11.8. The Labute approximate surface area is 163 Å². The molecule has 1 amide bonds. The van der Waals surface area contributed by atoms with Crippen LogP contribution in [0.4, 0.5) is 0 Å². The molecule has 8 nitrogen and oxygen atoms in total. The molecule has 144 valence electrons. The standard InChI is InChI=1S/C18H24ClN7O/c1-23-9-10-24(2)18(12-23)5-7-25(8-6-18)17(27)15-11-14(19)3-4-16(15)26-13-20-21-22-26/h3-4,11,13H,5-10,12H2,1-2H3. The number of carbonyl (C=O) groups excluding carboxylic acids is 1. The Morgan fingerprint density at radius 1 is 1.15 bits per heavy atom. The van der Waals surface area contributed by atoms with Gasteiger partial charge < -0.3 is 9.80 Å². The summed E-state index contributed by atoms with van der Waals surface area (Å²) >= 11 is 6.17. The first-order valence-corrected chi connectivity index (χ1v) is 9.58. The molecule has 27 heavy (non-hydrogen) atoms. The first kappa shape index (κ1) is 18.3. The Balaban J connectivity index is 1.54. The van der Waals surface area contributed by atoms with Crippen molar-refractivity contribution in [1.29, 1.82) is 0 Å². The van der Waals surface area contributed by atoms with Crippen LogP contribution in [0.2, 0.25) is 5.02 Å². The number of likely N-dealkylation sites (tertiary alicyclic amines) is 1. The van der Waals surface area contributed by atoms with Gasteiger partial charge in [0.25, 0.3) is 5.91 Å². The molecule has 2 aliphatic heterocycles. The van der Waals surface area contributed by atoms with Gasteiger partial charge in [0.05, 0.1) is 11.3 Å². The second kappa shape index (κ2) is 7.18. The smallest absolute Gasteiger partial charge is 0.256 e. The van der Waals surface area contributed by atoms with E-state index in [0.717, 1.165) is 45.6 Å². The van der Waals surface area contributed by atoms with Crippen molar-refractivity contribution >= 4 is 17.5 Å². The number of amides is 1. The molecule has 2 saturated heterocycles. The van der Waals surface area contributed by atoms with Crippen molar-refractivity contribution in [2.24, 2.45) is 0 Å². The zero-order valence-electron chi connectivity index (χ0n) is 15.7. The van der Waals surface area contributed by atoms with E-state index < -0.39 is 0 Å². The Morgan fingerprint density at radius 3 is 2.63 bits per heavy atom. The van der Waals surface area contributed by atoms with Crippen LogP contribution in [0.3, 0.4) is 0 Å². The van der Waals surface area contributed by atoms with Gasteiger partial charge in [0.15, 0.2) is 0 Å². The number of hydrogen-bond donors (Lipinski definition) is 0. The van der Waals surface area contributed by atoms with Crippen LogP contribution in [0.1, 0.15) is 23.2 Å². The molecule has 2 aliphatic rings.